The first kappa shape index (κ1) is 13.7. The monoisotopic (exact) mass is 296 g/mol. The molecule has 6 heteroatoms. The second-order valence-electron chi connectivity index (χ2n) is 5.38. The van der Waals surface area contributed by atoms with Gasteiger partial charge in [0.25, 0.3) is 5.91 Å². The SMILES string of the molecule is NC1C2CCCOC2C1NC(=O)c1ccc(O)c(Cl)c1. The lowest BCUT2D eigenvalue weighted by atomic mass is 9.68. The van der Waals surface area contributed by atoms with Crippen LogP contribution in [0.4, 0.5) is 0 Å². The number of hydrogen-bond donors (Lipinski definition) is 3. The fourth-order valence-electron chi connectivity index (χ4n) is 3.01. The third-order valence-corrected chi connectivity index (χ3v) is 4.49. The molecule has 0 bridgehead atoms. The standard InChI is InChI=1S/C14H17ClN2O3/c15-9-6-7(3-4-10(9)18)14(19)17-12-11(16)8-2-1-5-20-13(8)12/h3-4,6,8,11-13,18H,1-2,5,16H2,(H,17,19). The molecule has 1 saturated heterocycles. The van der Waals surface area contributed by atoms with Crippen LogP contribution in [0.2, 0.25) is 5.02 Å². The summed E-state index contributed by atoms with van der Waals surface area (Å²) in [7, 11) is 0. The summed E-state index contributed by atoms with van der Waals surface area (Å²) in [6.45, 7) is 0.727. The molecule has 4 N–H and O–H groups in total. The number of halogens is 1. The van der Waals surface area contributed by atoms with Gasteiger partial charge in [0, 0.05) is 24.1 Å². The first-order chi connectivity index (χ1) is 9.58. The number of carbonyl (C=O) groups is 1. The maximum absolute atomic E-state index is 12.2. The molecule has 1 aliphatic carbocycles. The van der Waals surface area contributed by atoms with Gasteiger partial charge in [0.1, 0.15) is 5.75 Å². The minimum Gasteiger partial charge on any atom is -0.506 e. The van der Waals surface area contributed by atoms with Crippen LogP contribution in [0.1, 0.15) is 23.2 Å². The molecule has 0 aromatic heterocycles. The van der Waals surface area contributed by atoms with E-state index in [-0.39, 0.29) is 34.9 Å². The predicted octanol–water partition coefficient (Wildman–Crippen LogP) is 1.28. The molecule has 1 heterocycles. The highest BCUT2D eigenvalue weighted by Crippen LogP contribution is 2.37. The van der Waals surface area contributed by atoms with E-state index in [1.165, 1.54) is 18.2 Å². The fourth-order valence-corrected chi connectivity index (χ4v) is 3.19. The molecule has 0 spiro atoms. The smallest absolute Gasteiger partial charge is 0.251 e. The lowest BCUT2D eigenvalue weighted by Crippen LogP contribution is -2.72. The average molecular weight is 297 g/mol. The zero-order valence-corrected chi connectivity index (χ0v) is 11.6. The highest BCUT2D eigenvalue weighted by molar-refractivity contribution is 6.32. The summed E-state index contributed by atoms with van der Waals surface area (Å²) in [6, 6.07) is 4.16. The van der Waals surface area contributed by atoms with Crippen LogP contribution in [-0.2, 0) is 4.74 Å². The maximum Gasteiger partial charge on any atom is 0.251 e. The second-order valence-corrected chi connectivity index (χ2v) is 5.79. The number of carbonyl (C=O) groups excluding carboxylic acids is 1. The van der Waals surface area contributed by atoms with E-state index in [0.29, 0.717) is 11.5 Å². The highest BCUT2D eigenvalue weighted by Gasteiger charge is 2.51. The van der Waals surface area contributed by atoms with E-state index in [1.807, 2.05) is 0 Å². The number of nitrogens with one attached hydrogen (secondary N) is 1. The largest absolute Gasteiger partial charge is 0.506 e. The van der Waals surface area contributed by atoms with E-state index < -0.39 is 0 Å². The zero-order valence-electron chi connectivity index (χ0n) is 10.9. The van der Waals surface area contributed by atoms with Crippen LogP contribution in [0.25, 0.3) is 0 Å². The first-order valence-electron chi connectivity index (χ1n) is 6.74. The molecular formula is C14H17ClN2O3. The normalized spacial score (nSPS) is 32.1. The van der Waals surface area contributed by atoms with Gasteiger partial charge in [-0.2, -0.15) is 0 Å². The number of nitrogens with two attached hydrogens (primary N) is 1. The number of amides is 1. The van der Waals surface area contributed by atoms with E-state index in [9.17, 15) is 9.90 Å². The molecule has 4 unspecified atom stereocenters. The van der Waals surface area contributed by atoms with Crippen molar-refractivity contribution < 1.29 is 14.6 Å². The molecule has 5 nitrogen and oxygen atoms in total. The molecule has 1 aromatic carbocycles. The number of phenols is 1. The fraction of sp³-hybridized carbons (Fsp3) is 0.500. The summed E-state index contributed by atoms with van der Waals surface area (Å²) in [5.41, 5.74) is 6.50. The predicted molar refractivity (Wildman–Crippen MR) is 74.8 cm³/mol. The molecule has 108 valence electrons. The number of phenolic OH excluding ortho intramolecular Hbond substituents is 1. The van der Waals surface area contributed by atoms with Crippen molar-refractivity contribution in [3.8, 4) is 5.75 Å². The van der Waals surface area contributed by atoms with E-state index in [0.717, 1.165) is 19.4 Å². The molecule has 2 fully saturated rings. The summed E-state index contributed by atoms with van der Waals surface area (Å²) in [4.78, 5) is 12.2. The summed E-state index contributed by atoms with van der Waals surface area (Å²) >= 11 is 5.80. The molecule has 1 amide bonds. The molecule has 1 saturated carbocycles. The Bertz CT molecular complexity index is 537. The van der Waals surface area contributed by atoms with Crippen LogP contribution < -0.4 is 11.1 Å². The van der Waals surface area contributed by atoms with Gasteiger partial charge < -0.3 is 20.9 Å². The van der Waals surface area contributed by atoms with Gasteiger partial charge in [-0.3, -0.25) is 4.79 Å². The maximum atomic E-state index is 12.2. The Labute approximate surface area is 122 Å². The first-order valence-corrected chi connectivity index (χ1v) is 7.12. The van der Waals surface area contributed by atoms with Crippen molar-refractivity contribution in [3.63, 3.8) is 0 Å². The molecule has 1 aromatic rings. The Kier molecular flexibility index (Phi) is 3.58. The topological polar surface area (TPSA) is 84.6 Å². The summed E-state index contributed by atoms with van der Waals surface area (Å²) in [5.74, 6) is 0.0525. The van der Waals surface area contributed by atoms with Gasteiger partial charge >= 0.3 is 0 Å². The zero-order chi connectivity index (χ0) is 14.3. The van der Waals surface area contributed by atoms with Crippen LogP contribution in [0.15, 0.2) is 18.2 Å². The van der Waals surface area contributed by atoms with E-state index >= 15 is 0 Å². The number of aromatic hydroxyl groups is 1. The number of ether oxygens (including phenoxy) is 1. The molecule has 20 heavy (non-hydrogen) atoms. The van der Waals surface area contributed by atoms with Crippen LogP contribution in [0.5, 0.6) is 5.75 Å². The summed E-state index contributed by atoms with van der Waals surface area (Å²) < 4.78 is 5.68. The van der Waals surface area contributed by atoms with Gasteiger partial charge in [0.15, 0.2) is 0 Å². The number of hydrogen-bond acceptors (Lipinski definition) is 4. The molecular weight excluding hydrogens is 280 g/mol. The van der Waals surface area contributed by atoms with Crippen LogP contribution in [0.3, 0.4) is 0 Å². The second kappa shape index (κ2) is 5.24. The number of fused-ring (bicyclic) bond motifs is 1. The molecule has 3 rings (SSSR count). The van der Waals surface area contributed by atoms with Crippen molar-refractivity contribution in [1.29, 1.82) is 0 Å². The van der Waals surface area contributed by atoms with Crippen molar-refractivity contribution in [2.45, 2.75) is 31.0 Å². The van der Waals surface area contributed by atoms with Crippen LogP contribution in [-0.4, -0.2) is 35.8 Å². The Morgan fingerprint density at radius 3 is 3.05 bits per heavy atom. The number of benzene rings is 1. The lowest BCUT2D eigenvalue weighted by molar-refractivity contribution is -0.117. The molecule has 1 aliphatic heterocycles. The van der Waals surface area contributed by atoms with E-state index in [4.69, 9.17) is 22.1 Å². The highest BCUT2D eigenvalue weighted by atomic mass is 35.5. The third-order valence-electron chi connectivity index (χ3n) is 4.18. The average Bonchev–Trinajstić information content (AvgIpc) is 2.47. The molecule has 0 radical (unpaired) electrons. The van der Waals surface area contributed by atoms with Crippen molar-refractivity contribution in [3.05, 3.63) is 28.8 Å². The number of rotatable bonds is 2. The summed E-state index contributed by atoms with van der Waals surface area (Å²) in [5, 5.41) is 12.4. The molecule has 2 aliphatic rings. The van der Waals surface area contributed by atoms with Crippen LogP contribution in [0, 0.1) is 5.92 Å². The van der Waals surface area contributed by atoms with E-state index in [1.54, 1.807) is 0 Å². The quantitative estimate of drug-likeness (QED) is 0.767. The molecule has 4 atom stereocenters. The van der Waals surface area contributed by atoms with Gasteiger partial charge in [-0.1, -0.05) is 11.6 Å². The van der Waals surface area contributed by atoms with Crippen molar-refractivity contribution >= 4 is 17.5 Å². The Morgan fingerprint density at radius 1 is 1.50 bits per heavy atom. The van der Waals surface area contributed by atoms with E-state index in [2.05, 4.69) is 5.32 Å². The van der Waals surface area contributed by atoms with Crippen molar-refractivity contribution in [2.24, 2.45) is 11.7 Å². The summed E-state index contributed by atoms with van der Waals surface area (Å²) in [6.07, 6.45) is 2.11. The lowest BCUT2D eigenvalue weighted by Gasteiger charge is -2.52. The van der Waals surface area contributed by atoms with Gasteiger partial charge in [0.2, 0.25) is 0 Å². The van der Waals surface area contributed by atoms with Gasteiger partial charge in [-0.05, 0) is 31.0 Å². The Balaban J connectivity index is 1.68. The minimum atomic E-state index is -0.250. The minimum absolute atomic E-state index is 0.0234. The Hall–Kier alpha value is -1.30. The van der Waals surface area contributed by atoms with Crippen molar-refractivity contribution in [2.75, 3.05) is 6.61 Å². The van der Waals surface area contributed by atoms with Gasteiger partial charge in [-0.25, -0.2) is 0 Å². The van der Waals surface area contributed by atoms with Gasteiger partial charge in [0.05, 0.1) is 17.2 Å². The van der Waals surface area contributed by atoms with Gasteiger partial charge in [-0.15, -0.1) is 0 Å². The Morgan fingerprint density at radius 2 is 2.30 bits per heavy atom. The van der Waals surface area contributed by atoms with Crippen LogP contribution >= 0.6 is 11.6 Å². The third kappa shape index (κ3) is 2.26. The van der Waals surface area contributed by atoms with Crippen molar-refractivity contribution in [1.82, 2.24) is 5.32 Å².